The zero-order valence-corrected chi connectivity index (χ0v) is 19.9. The Morgan fingerprint density at radius 2 is 1.11 bits per heavy atom. The molecule has 0 saturated carbocycles. The van der Waals surface area contributed by atoms with E-state index in [1.807, 2.05) is 0 Å². The quantitative estimate of drug-likeness (QED) is 0.487. The Balaban J connectivity index is -0.0000000720. The summed E-state index contributed by atoms with van der Waals surface area (Å²) in [6, 6.07) is 0. The molecular formula is C6H6KNa3O8. The Morgan fingerprint density at radius 3 is 1.22 bits per heavy atom. The second-order valence-electron chi connectivity index (χ2n) is 2.42. The minimum atomic E-state index is -2.97. The molecule has 8 nitrogen and oxygen atoms in total. The van der Waals surface area contributed by atoms with Crippen molar-refractivity contribution in [2.24, 2.45) is 0 Å². The predicted molar refractivity (Wildman–Crippen MR) is 31.1 cm³/mol. The van der Waals surface area contributed by atoms with Crippen LogP contribution in [0.15, 0.2) is 0 Å². The summed E-state index contributed by atoms with van der Waals surface area (Å²) in [4.78, 5) is 30.0. The second kappa shape index (κ2) is 18.0. The van der Waals surface area contributed by atoms with Crippen LogP contribution in [0.25, 0.3) is 0 Å². The van der Waals surface area contributed by atoms with Crippen molar-refractivity contribution < 1.29 is 180 Å². The molecule has 0 radical (unpaired) electrons. The summed E-state index contributed by atoms with van der Waals surface area (Å²) in [5, 5.41) is 38.9. The van der Waals surface area contributed by atoms with Crippen molar-refractivity contribution in [3.8, 4) is 0 Å². The van der Waals surface area contributed by atoms with Crippen molar-refractivity contribution in [2.45, 2.75) is 18.4 Å². The first kappa shape index (κ1) is 37.3. The smallest absolute Gasteiger partial charge is 0.870 e. The predicted octanol–water partition coefficient (Wildman–Crippen LogP) is -17.4. The van der Waals surface area contributed by atoms with Crippen molar-refractivity contribution in [3.63, 3.8) is 0 Å². The molecule has 0 saturated heterocycles. The van der Waals surface area contributed by atoms with Gasteiger partial charge in [0, 0.05) is 24.8 Å². The first-order chi connectivity index (χ1) is 5.78. The maximum Gasteiger partial charge on any atom is 1.00 e. The average Bonchev–Trinajstić information content (AvgIpc) is 1.82. The van der Waals surface area contributed by atoms with E-state index in [1.165, 1.54) is 0 Å². The fourth-order valence-electron chi connectivity index (χ4n) is 0.684. The molecule has 0 amide bonds. The SMILES string of the molecule is O=C([O-])CC(O)(CC(=O)[O-])C(=O)[O-].[K+].[Na+].[Na+].[Na+].[OH-]. The summed E-state index contributed by atoms with van der Waals surface area (Å²) in [6.07, 6.45) is -2.72. The van der Waals surface area contributed by atoms with Crippen LogP contribution in [-0.2, 0) is 14.4 Å². The third-order valence-corrected chi connectivity index (χ3v) is 1.25. The van der Waals surface area contributed by atoms with E-state index in [-0.39, 0.29) is 146 Å². The van der Waals surface area contributed by atoms with Gasteiger partial charge in [0.25, 0.3) is 0 Å². The van der Waals surface area contributed by atoms with E-state index >= 15 is 0 Å². The number of hydrogen-bond donors (Lipinski definition) is 1. The van der Waals surface area contributed by atoms with Crippen LogP contribution in [0, 0.1) is 0 Å². The summed E-state index contributed by atoms with van der Waals surface area (Å²) in [5.41, 5.74) is -2.97. The Morgan fingerprint density at radius 1 is 0.889 bits per heavy atom. The number of carbonyl (C=O) groups excluding carboxylic acids is 3. The monoisotopic (exact) mass is 314 g/mol. The van der Waals surface area contributed by atoms with Gasteiger partial charge < -0.3 is 40.3 Å². The molecular weight excluding hydrogens is 308 g/mol. The van der Waals surface area contributed by atoms with Gasteiger partial charge >= 0.3 is 140 Å². The standard InChI is InChI=1S/C6H8O7.K.3Na.H2O/c7-3(8)1-6(13,5(11)12)2-4(9)10;;;;;/h13H,1-2H2,(H,7,8)(H,9,10)(H,11,12);;;;;1H2/q;4*+1;/p-4. The molecule has 0 aliphatic heterocycles. The van der Waals surface area contributed by atoms with Crippen LogP contribution >= 0.6 is 0 Å². The van der Waals surface area contributed by atoms with Gasteiger partial charge in [0.1, 0.15) is 5.60 Å². The summed E-state index contributed by atoms with van der Waals surface area (Å²) < 4.78 is 0. The van der Waals surface area contributed by atoms with E-state index in [1.54, 1.807) is 0 Å². The molecule has 0 aromatic heterocycles. The van der Waals surface area contributed by atoms with Crippen LogP contribution in [0.2, 0.25) is 0 Å². The van der Waals surface area contributed by atoms with Crippen molar-refractivity contribution in [3.05, 3.63) is 0 Å². The molecule has 0 fully saturated rings. The van der Waals surface area contributed by atoms with Crippen molar-refractivity contribution in [1.29, 1.82) is 0 Å². The molecule has 12 heteroatoms. The second-order valence-corrected chi connectivity index (χ2v) is 2.42. The summed E-state index contributed by atoms with van der Waals surface area (Å²) in [6.45, 7) is 0. The summed E-state index contributed by atoms with van der Waals surface area (Å²) in [5.74, 6) is -5.98. The molecule has 2 N–H and O–H groups in total. The van der Waals surface area contributed by atoms with E-state index in [2.05, 4.69) is 0 Å². The van der Waals surface area contributed by atoms with Crippen molar-refractivity contribution >= 4 is 17.9 Å². The van der Waals surface area contributed by atoms with Crippen molar-refractivity contribution in [2.75, 3.05) is 0 Å². The van der Waals surface area contributed by atoms with Gasteiger partial charge in [0.2, 0.25) is 0 Å². The van der Waals surface area contributed by atoms with Gasteiger partial charge in [-0.2, -0.15) is 0 Å². The Kier molecular flexibility index (Phi) is 37.3. The van der Waals surface area contributed by atoms with Gasteiger partial charge in [-0.05, 0) is 0 Å². The largest absolute Gasteiger partial charge is 1.00 e. The molecule has 0 unspecified atom stereocenters. The maximum atomic E-state index is 10.1. The van der Waals surface area contributed by atoms with E-state index in [4.69, 9.17) is 5.11 Å². The van der Waals surface area contributed by atoms with Crippen LogP contribution in [0.1, 0.15) is 12.8 Å². The average molecular weight is 314 g/mol. The molecule has 18 heavy (non-hydrogen) atoms. The number of rotatable bonds is 5. The minimum absolute atomic E-state index is 0. The Labute approximate surface area is 212 Å². The fourth-order valence-corrected chi connectivity index (χ4v) is 0.684. The summed E-state index contributed by atoms with van der Waals surface area (Å²) >= 11 is 0. The zero-order chi connectivity index (χ0) is 10.6. The zero-order valence-electron chi connectivity index (χ0n) is 10.8. The Hall–Kier alpha value is 2.97. The molecule has 0 aliphatic carbocycles. The maximum absolute atomic E-state index is 10.1. The van der Waals surface area contributed by atoms with Crippen LogP contribution in [0.5, 0.6) is 0 Å². The molecule has 0 rings (SSSR count). The van der Waals surface area contributed by atoms with Gasteiger partial charge in [0.05, 0.1) is 5.97 Å². The number of aliphatic hydroxyl groups is 1. The van der Waals surface area contributed by atoms with E-state index in [9.17, 15) is 29.7 Å². The molecule has 82 valence electrons. The van der Waals surface area contributed by atoms with Gasteiger partial charge in [0.15, 0.2) is 0 Å². The first-order valence-corrected chi connectivity index (χ1v) is 3.11. The number of aliphatic carboxylic acids is 3. The van der Waals surface area contributed by atoms with Gasteiger partial charge in [-0.3, -0.25) is 0 Å². The normalized spacial score (nSPS) is 7.83. The van der Waals surface area contributed by atoms with E-state index in [0.717, 1.165) is 0 Å². The summed E-state index contributed by atoms with van der Waals surface area (Å²) in [7, 11) is 0. The number of carboxylic acid groups (broad SMARTS) is 3. The Bertz CT molecular complexity index is 245. The van der Waals surface area contributed by atoms with Crippen LogP contribution in [-0.4, -0.2) is 34.1 Å². The van der Waals surface area contributed by atoms with E-state index < -0.39 is 36.4 Å². The number of hydrogen-bond acceptors (Lipinski definition) is 8. The van der Waals surface area contributed by atoms with Crippen LogP contribution in [0.3, 0.4) is 0 Å². The molecule has 0 aromatic rings. The van der Waals surface area contributed by atoms with Crippen LogP contribution in [0.4, 0.5) is 0 Å². The molecule has 0 aliphatic rings. The van der Waals surface area contributed by atoms with E-state index in [0.29, 0.717) is 0 Å². The first-order valence-electron chi connectivity index (χ1n) is 3.11. The van der Waals surface area contributed by atoms with Crippen molar-refractivity contribution in [1.82, 2.24) is 0 Å². The molecule has 0 heterocycles. The third kappa shape index (κ3) is 17.0. The van der Waals surface area contributed by atoms with Gasteiger partial charge in [-0.15, -0.1) is 0 Å². The molecule has 0 atom stereocenters. The molecule has 0 aromatic carbocycles. The topological polar surface area (TPSA) is 171 Å². The van der Waals surface area contributed by atoms with Gasteiger partial charge in [-0.25, -0.2) is 0 Å². The fraction of sp³-hybridized carbons (Fsp3) is 0.500. The number of carboxylic acids is 3. The third-order valence-electron chi connectivity index (χ3n) is 1.25. The number of carbonyl (C=O) groups is 3. The molecule has 0 spiro atoms. The van der Waals surface area contributed by atoms with Crippen LogP contribution < -0.4 is 155 Å². The van der Waals surface area contributed by atoms with Gasteiger partial charge in [-0.1, -0.05) is 0 Å². The molecule has 0 bridgehead atoms. The minimum Gasteiger partial charge on any atom is -0.870 e.